The van der Waals surface area contributed by atoms with E-state index in [2.05, 4.69) is 11.6 Å². The molecule has 0 spiro atoms. The van der Waals surface area contributed by atoms with Gasteiger partial charge < -0.3 is 9.30 Å². The van der Waals surface area contributed by atoms with Crippen molar-refractivity contribution in [2.75, 3.05) is 0 Å². The highest BCUT2D eigenvalue weighted by Gasteiger charge is 2.31. The molecule has 0 saturated heterocycles. The molecule has 0 bridgehead atoms. The minimum atomic E-state index is -4.41. The number of allylic oxidation sites excluding steroid dienone is 1. The third kappa shape index (κ3) is 3.47. The first-order chi connectivity index (χ1) is 10.3. The van der Waals surface area contributed by atoms with Crippen LogP contribution >= 0.6 is 0 Å². The lowest BCUT2D eigenvalue weighted by molar-refractivity contribution is -0.145. The molecule has 118 valence electrons. The van der Waals surface area contributed by atoms with Crippen LogP contribution in [0.2, 0.25) is 0 Å². The number of fused-ring (bicyclic) bond motifs is 1. The van der Waals surface area contributed by atoms with E-state index in [4.69, 9.17) is 4.74 Å². The van der Waals surface area contributed by atoms with Crippen LogP contribution in [0.25, 0.3) is 11.0 Å². The maximum atomic E-state index is 12.7. The van der Waals surface area contributed by atoms with Crippen molar-refractivity contribution in [1.29, 1.82) is 0 Å². The van der Waals surface area contributed by atoms with Gasteiger partial charge in [0.15, 0.2) is 0 Å². The van der Waals surface area contributed by atoms with Crippen molar-refractivity contribution >= 4 is 17.0 Å². The zero-order valence-electron chi connectivity index (χ0n) is 12.0. The molecular weight excluding hydrogens is 297 g/mol. The summed E-state index contributed by atoms with van der Waals surface area (Å²) in [5, 5.41) is 0. The van der Waals surface area contributed by atoms with Crippen LogP contribution in [0.15, 0.2) is 30.9 Å². The fourth-order valence-electron chi connectivity index (χ4n) is 1.99. The van der Waals surface area contributed by atoms with Gasteiger partial charge in [-0.1, -0.05) is 6.08 Å². The minimum absolute atomic E-state index is 0.0808. The monoisotopic (exact) mass is 312 g/mol. The number of alkyl halides is 3. The van der Waals surface area contributed by atoms with Crippen molar-refractivity contribution in [3.05, 3.63) is 42.2 Å². The summed E-state index contributed by atoms with van der Waals surface area (Å²) in [5.41, 5.74) is 0.00670. The average molecular weight is 312 g/mol. The van der Waals surface area contributed by atoms with Gasteiger partial charge in [0.05, 0.1) is 16.6 Å². The summed E-state index contributed by atoms with van der Waals surface area (Å²) in [7, 11) is 1.66. The van der Waals surface area contributed by atoms with Gasteiger partial charge in [-0.2, -0.15) is 13.2 Å². The van der Waals surface area contributed by atoms with Crippen LogP contribution in [0.1, 0.15) is 24.2 Å². The van der Waals surface area contributed by atoms with Crippen LogP contribution in [-0.2, 0) is 29.4 Å². The van der Waals surface area contributed by atoms with Gasteiger partial charge in [0.25, 0.3) is 0 Å². The molecule has 0 aliphatic carbocycles. The van der Waals surface area contributed by atoms with Crippen molar-refractivity contribution in [1.82, 2.24) is 9.55 Å². The maximum absolute atomic E-state index is 12.7. The Labute approximate surface area is 125 Å². The fourth-order valence-corrected chi connectivity index (χ4v) is 1.99. The fraction of sp³-hybridized carbons (Fsp3) is 0.333. The van der Waals surface area contributed by atoms with E-state index in [9.17, 15) is 18.0 Å². The molecule has 0 atom stereocenters. The van der Waals surface area contributed by atoms with E-state index >= 15 is 0 Å². The largest absolute Gasteiger partial charge is 0.457 e. The Morgan fingerprint density at radius 1 is 1.45 bits per heavy atom. The number of ether oxygens (including phenoxy) is 1. The molecule has 22 heavy (non-hydrogen) atoms. The number of carbonyl (C=O) groups is 1. The number of aryl methyl sites for hydroxylation is 1. The van der Waals surface area contributed by atoms with Crippen LogP contribution in [-0.4, -0.2) is 15.5 Å². The number of hydrogen-bond acceptors (Lipinski definition) is 3. The zero-order chi connectivity index (χ0) is 16.3. The van der Waals surface area contributed by atoms with Gasteiger partial charge in [-0.3, -0.25) is 4.79 Å². The predicted molar refractivity (Wildman–Crippen MR) is 74.9 cm³/mol. The number of halogens is 3. The van der Waals surface area contributed by atoms with Crippen molar-refractivity contribution in [3.63, 3.8) is 0 Å². The first kappa shape index (κ1) is 16.1. The Morgan fingerprint density at radius 3 is 2.82 bits per heavy atom. The van der Waals surface area contributed by atoms with Crippen molar-refractivity contribution < 1.29 is 22.7 Å². The smallest absolute Gasteiger partial charge is 0.416 e. The molecule has 1 heterocycles. The molecule has 0 N–H and O–H groups in total. The number of nitrogens with zero attached hydrogens (tertiary/aromatic N) is 2. The molecule has 0 saturated carbocycles. The van der Waals surface area contributed by atoms with E-state index in [0.29, 0.717) is 17.8 Å². The molecule has 1 aromatic carbocycles. The molecule has 0 radical (unpaired) electrons. The molecular formula is C15H15F3N2O2. The second-order valence-electron chi connectivity index (χ2n) is 4.78. The maximum Gasteiger partial charge on any atom is 0.416 e. The van der Waals surface area contributed by atoms with Crippen molar-refractivity contribution in [3.8, 4) is 0 Å². The van der Waals surface area contributed by atoms with Crippen LogP contribution in [0, 0.1) is 0 Å². The first-order valence-corrected chi connectivity index (χ1v) is 6.62. The summed E-state index contributed by atoms with van der Waals surface area (Å²) in [4.78, 5) is 15.5. The SMILES string of the molecule is C=CCCC(=O)OCc1nc2cc(C(F)(F)F)ccc2n1C. The van der Waals surface area contributed by atoms with Crippen LogP contribution < -0.4 is 0 Å². The summed E-state index contributed by atoms with van der Waals surface area (Å²) in [5.74, 6) is -0.00999. The predicted octanol–water partition coefficient (Wildman–Crippen LogP) is 3.60. The van der Waals surface area contributed by atoms with Gasteiger partial charge in [-0.15, -0.1) is 6.58 Å². The lowest BCUT2D eigenvalue weighted by atomic mass is 10.2. The highest BCUT2D eigenvalue weighted by Crippen LogP contribution is 2.31. The van der Waals surface area contributed by atoms with Crippen molar-refractivity contribution in [2.45, 2.75) is 25.6 Å². The Hall–Kier alpha value is -2.31. The molecule has 4 nitrogen and oxygen atoms in total. The lowest BCUT2D eigenvalue weighted by Gasteiger charge is -2.06. The van der Waals surface area contributed by atoms with Gasteiger partial charge in [0.2, 0.25) is 0 Å². The summed E-state index contributed by atoms with van der Waals surface area (Å²) in [6.45, 7) is 3.42. The van der Waals surface area contributed by atoms with Gasteiger partial charge in [0.1, 0.15) is 12.4 Å². The third-order valence-corrected chi connectivity index (χ3v) is 3.22. The number of benzene rings is 1. The first-order valence-electron chi connectivity index (χ1n) is 6.62. The Morgan fingerprint density at radius 2 is 2.18 bits per heavy atom. The third-order valence-electron chi connectivity index (χ3n) is 3.22. The van der Waals surface area contributed by atoms with Crippen LogP contribution in [0.5, 0.6) is 0 Å². The normalized spacial score (nSPS) is 11.6. The molecule has 7 heteroatoms. The number of esters is 1. The van der Waals surface area contributed by atoms with E-state index in [0.717, 1.165) is 12.1 Å². The Kier molecular flexibility index (Phi) is 4.54. The number of carbonyl (C=O) groups excluding carboxylic acids is 1. The van der Waals surface area contributed by atoms with Crippen LogP contribution in [0.4, 0.5) is 13.2 Å². The Balaban J connectivity index is 2.19. The summed E-state index contributed by atoms with van der Waals surface area (Å²) >= 11 is 0. The van der Waals surface area contributed by atoms with E-state index in [1.54, 1.807) is 17.7 Å². The standard InChI is InChI=1S/C15H15F3N2O2/c1-3-4-5-14(21)22-9-13-19-11-8-10(15(16,17)18)6-7-12(11)20(13)2/h3,6-8H,1,4-5,9H2,2H3. The molecule has 0 unspecified atom stereocenters. The second kappa shape index (κ2) is 6.21. The molecule has 0 amide bonds. The topological polar surface area (TPSA) is 44.1 Å². The second-order valence-corrected chi connectivity index (χ2v) is 4.78. The van der Waals surface area contributed by atoms with Crippen molar-refractivity contribution in [2.24, 2.45) is 7.05 Å². The van der Waals surface area contributed by atoms with Crippen LogP contribution in [0.3, 0.4) is 0 Å². The quantitative estimate of drug-likeness (QED) is 0.626. The van der Waals surface area contributed by atoms with Gasteiger partial charge in [-0.05, 0) is 24.6 Å². The molecule has 0 aliphatic heterocycles. The van der Waals surface area contributed by atoms with Gasteiger partial charge in [-0.25, -0.2) is 4.98 Å². The lowest BCUT2D eigenvalue weighted by Crippen LogP contribution is -2.07. The van der Waals surface area contributed by atoms with E-state index in [1.807, 2.05) is 0 Å². The highest BCUT2D eigenvalue weighted by molar-refractivity contribution is 5.77. The number of hydrogen-bond donors (Lipinski definition) is 0. The van der Waals surface area contributed by atoms with Gasteiger partial charge in [0, 0.05) is 13.5 Å². The number of rotatable bonds is 5. The Bertz CT molecular complexity index is 705. The van der Waals surface area contributed by atoms with E-state index in [-0.39, 0.29) is 18.5 Å². The average Bonchev–Trinajstić information content (AvgIpc) is 2.78. The highest BCUT2D eigenvalue weighted by atomic mass is 19.4. The van der Waals surface area contributed by atoms with E-state index in [1.165, 1.54) is 6.07 Å². The zero-order valence-corrected chi connectivity index (χ0v) is 12.0. The molecule has 2 rings (SSSR count). The molecule has 2 aromatic rings. The summed E-state index contributed by atoms with van der Waals surface area (Å²) < 4.78 is 44.7. The molecule has 1 aromatic heterocycles. The number of aromatic nitrogens is 2. The summed E-state index contributed by atoms with van der Waals surface area (Å²) in [6, 6.07) is 3.34. The molecule has 0 fully saturated rings. The number of imidazole rings is 1. The minimum Gasteiger partial charge on any atom is -0.457 e. The van der Waals surface area contributed by atoms with E-state index < -0.39 is 17.7 Å². The summed E-state index contributed by atoms with van der Waals surface area (Å²) in [6.07, 6.45) is -2.08. The molecule has 0 aliphatic rings. The van der Waals surface area contributed by atoms with Gasteiger partial charge >= 0.3 is 12.1 Å².